The van der Waals surface area contributed by atoms with Crippen LogP contribution in [0.3, 0.4) is 0 Å². The van der Waals surface area contributed by atoms with Gasteiger partial charge in [-0.2, -0.15) is 5.10 Å². The molecule has 1 aliphatic rings. The Morgan fingerprint density at radius 1 is 1.28 bits per heavy atom. The summed E-state index contributed by atoms with van der Waals surface area (Å²) in [6.45, 7) is 8.08. The predicted octanol–water partition coefficient (Wildman–Crippen LogP) is 5.65. The third-order valence-corrected chi connectivity index (χ3v) is 7.74. The molecular formula is C22H24N4OS2. The van der Waals surface area contributed by atoms with Gasteiger partial charge in [-0.3, -0.25) is 9.48 Å². The average molecular weight is 425 g/mol. The summed E-state index contributed by atoms with van der Waals surface area (Å²) in [5.41, 5.74) is 2.03. The number of likely N-dealkylation sites (tertiary alicyclic amines) is 1. The van der Waals surface area contributed by atoms with Gasteiger partial charge in [-0.1, -0.05) is 26.0 Å². The lowest BCUT2D eigenvalue weighted by Gasteiger charge is -2.22. The molecule has 1 aromatic carbocycles. The van der Waals surface area contributed by atoms with E-state index in [-0.39, 0.29) is 11.9 Å². The summed E-state index contributed by atoms with van der Waals surface area (Å²) in [5.74, 6) is 0.643. The van der Waals surface area contributed by atoms with Crippen molar-refractivity contribution in [1.29, 1.82) is 0 Å². The van der Waals surface area contributed by atoms with Crippen LogP contribution in [-0.4, -0.2) is 32.1 Å². The second kappa shape index (κ2) is 7.22. The van der Waals surface area contributed by atoms with Crippen LogP contribution >= 0.6 is 22.7 Å². The van der Waals surface area contributed by atoms with Gasteiger partial charge in [0.15, 0.2) is 0 Å². The smallest absolute Gasteiger partial charge is 0.264 e. The van der Waals surface area contributed by atoms with E-state index in [1.807, 2.05) is 36.1 Å². The van der Waals surface area contributed by atoms with Crippen LogP contribution in [0, 0.1) is 12.8 Å². The lowest BCUT2D eigenvalue weighted by Crippen LogP contribution is -2.29. The summed E-state index contributed by atoms with van der Waals surface area (Å²) in [6, 6.07) is 10.3. The highest BCUT2D eigenvalue weighted by atomic mass is 32.1. The van der Waals surface area contributed by atoms with Gasteiger partial charge in [0, 0.05) is 18.5 Å². The van der Waals surface area contributed by atoms with E-state index in [0.29, 0.717) is 5.92 Å². The van der Waals surface area contributed by atoms with Crippen molar-refractivity contribution in [2.75, 3.05) is 6.54 Å². The van der Waals surface area contributed by atoms with Crippen molar-refractivity contribution < 1.29 is 4.79 Å². The number of carbonyl (C=O) groups is 1. The molecule has 0 radical (unpaired) electrons. The highest BCUT2D eigenvalue weighted by Gasteiger charge is 2.34. The second-order valence-corrected chi connectivity index (χ2v) is 10.3. The number of thiazole rings is 1. The lowest BCUT2D eigenvalue weighted by molar-refractivity contribution is 0.0740. The lowest BCUT2D eigenvalue weighted by atomic mass is 10.2. The number of carbonyl (C=O) groups excluding carboxylic acids is 1. The Hall–Kier alpha value is -2.25. The molecule has 0 N–H and O–H groups in total. The van der Waals surface area contributed by atoms with E-state index in [1.54, 1.807) is 22.7 Å². The Morgan fingerprint density at radius 3 is 2.90 bits per heavy atom. The van der Waals surface area contributed by atoms with E-state index in [2.05, 4.69) is 29.7 Å². The third-order valence-electron chi connectivity index (χ3n) is 5.47. The van der Waals surface area contributed by atoms with Crippen molar-refractivity contribution in [3.63, 3.8) is 0 Å². The SMILES string of the molecule is Cc1nn(CC(C)C)c2sc(C(=O)N3CCC[C@@H]3c3nc4ccccc4s3)cc12. The highest BCUT2D eigenvalue weighted by Crippen LogP contribution is 2.39. The van der Waals surface area contributed by atoms with Crippen LogP contribution in [-0.2, 0) is 6.54 Å². The van der Waals surface area contributed by atoms with Crippen molar-refractivity contribution in [1.82, 2.24) is 19.7 Å². The quantitative estimate of drug-likeness (QED) is 0.425. The maximum absolute atomic E-state index is 13.4. The largest absolute Gasteiger partial charge is 0.328 e. The Balaban J connectivity index is 1.47. The fraction of sp³-hybridized carbons (Fsp3) is 0.409. The van der Waals surface area contributed by atoms with E-state index in [4.69, 9.17) is 4.98 Å². The minimum Gasteiger partial charge on any atom is -0.328 e. The topological polar surface area (TPSA) is 51.0 Å². The van der Waals surface area contributed by atoms with E-state index in [1.165, 1.54) is 4.70 Å². The number of hydrogen-bond donors (Lipinski definition) is 0. The van der Waals surface area contributed by atoms with E-state index in [9.17, 15) is 4.79 Å². The van der Waals surface area contributed by atoms with Gasteiger partial charge in [0.25, 0.3) is 5.91 Å². The van der Waals surface area contributed by atoms with Crippen LogP contribution in [0.25, 0.3) is 20.4 Å². The molecule has 0 bridgehead atoms. The van der Waals surface area contributed by atoms with Crippen LogP contribution in [0.15, 0.2) is 30.3 Å². The minimum absolute atomic E-state index is 0.0818. The van der Waals surface area contributed by atoms with Crippen LogP contribution < -0.4 is 0 Å². The number of hydrogen-bond acceptors (Lipinski definition) is 5. The molecule has 7 heteroatoms. The Kier molecular flexibility index (Phi) is 4.67. The first-order chi connectivity index (χ1) is 14.0. The zero-order valence-corrected chi connectivity index (χ0v) is 18.5. The highest BCUT2D eigenvalue weighted by molar-refractivity contribution is 7.20. The number of aryl methyl sites for hydroxylation is 1. The molecule has 1 amide bonds. The molecule has 4 aromatic rings. The van der Waals surface area contributed by atoms with Crippen molar-refractivity contribution >= 4 is 49.0 Å². The number of fused-ring (bicyclic) bond motifs is 2. The number of para-hydroxylation sites is 1. The van der Waals surface area contributed by atoms with Crippen molar-refractivity contribution in [3.8, 4) is 0 Å². The Labute approximate surface area is 178 Å². The fourth-order valence-electron chi connectivity index (χ4n) is 4.13. The maximum atomic E-state index is 13.4. The number of aromatic nitrogens is 3. The Morgan fingerprint density at radius 2 is 2.10 bits per heavy atom. The molecule has 1 aliphatic heterocycles. The van der Waals surface area contributed by atoms with Crippen molar-refractivity contribution in [2.45, 2.75) is 46.2 Å². The Bertz CT molecular complexity index is 1170. The molecule has 4 heterocycles. The van der Waals surface area contributed by atoms with Gasteiger partial charge < -0.3 is 4.90 Å². The third kappa shape index (κ3) is 3.26. The van der Waals surface area contributed by atoms with Crippen LogP contribution in [0.2, 0.25) is 0 Å². The molecule has 0 spiro atoms. The van der Waals surface area contributed by atoms with Gasteiger partial charge in [0.05, 0.1) is 26.8 Å². The van der Waals surface area contributed by atoms with Crippen LogP contribution in [0.5, 0.6) is 0 Å². The predicted molar refractivity (Wildman–Crippen MR) is 120 cm³/mol. The van der Waals surface area contributed by atoms with Crippen molar-refractivity contribution in [3.05, 3.63) is 45.9 Å². The normalized spacial score (nSPS) is 17.2. The molecule has 0 unspecified atom stereocenters. The van der Waals surface area contributed by atoms with E-state index < -0.39 is 0 Å². The summed E-state index contributed by atoms with van der Waals surface area (Å²) >= 11 is 3.29. The monoisotopic (exact) mass is 424 g/mol. The summed E-state index contributed by atoms with van der Waals surface area (Å²) in [5, 5.41) is 6.83. The first kappa shape index (κ1) is 18.8. The van der Waals surface area contributed by atoms with Gasteiger partial charge in [-0.15, -0.1) is 22.7 Å². The van der Waals surface area contributed by atoms with Gasteiger partial charge in [-0.25, -0.2) is 4.98 Å². The fourth-order valence-corrected chi connectivity index (χ4v) is 6.37. The molecule has 150 valence electrons. The number of amides is 1. The van der Waals surface area contributed by atoms with Gasteiger partial charge in [0.2, 0.25) is 0 Å². The molecule has 1 atom stereocenters. The molecule has 5 rings (SSSR count). The second-order valence-electron chi connectivity index (χ2n) is 8.17. The minimum atomic E-state index is 0.0818. The van der Waals surface area contributed by atoms with Gasteiger partial charge >= 0.3 is 0 Å². The standard InChI is InChI=1S/C22H24N4OS2/c1-13(2)12-26-22-15(14(3)24-26)11-19(29-22)21(27)25-10-6-8-17(25)20-23-16-7-4-5-9-18(16)28-20/h4-5,7,9,11,13,17H,6,8,10,12H2,1-3H3/t17-/m1/s1. The van der Waals surface area contributed by atoms with E-state index in [0.717, 1.165) is 57.2 Å². The first-order valence-electron chi connectivity index (χ1n) is 10.1. The maximum Gasteiger partial charge on any atom is 0.264 e. The zero-order valence-electron chi connectivity index (χ0n) is 16.9. The van der Waals surface area contributed by atoms with Crippen LogP contribution in [0.4, 0.5) is 0 Å². The number of thiophene rings is 1. The molecular weight excluding hydrogens is 400 g/mol. The summed E-state index contributed by atoms with van der Waals surface area (Å²) in [4.78, 5) is 22.2. The number of benzene rings is 1. The van der Waals surface area contributed by atoms with Crippen molar-refractivity contribution in [2.24, 2.45) is 5.92 Å². The number of nitrogens with zero attached hydrogens (tertiary/aromatic N) is 4. The average Bonchev–Trinajstić information content (AvgIpc) is 3.45. The molecule has 1 saturated heterocycles. The van der Waals surface area contributed by atoms with Gasteiger partial charge in [-0.05, 0) is 43.9 Å². The van der Waals surface area contributed by atoms with E-state index >= 15 is 0 Å². The summed E-state index contributed by atoms with van der Waals surface area (Å²) in [6.07, 6.45) is 2.01. The summed E-state index contributed by atoms with van der Waals surface area (Å²) < 4.78 is 3.25. The molecule has 0 aliphatic carbocycles. The summed E-state index contributed by atoms with van der Waals surface area (Å²) in [7, 11) is 0. The molecule has 5 nitrogen and oxygen atoms in total. The number of rotatable bonds is 4. The zero-order chi connectivity index (χ0) is 20.1. The molecule has 0 saturated carbocycles. The molecule has 1 fully saturated rings. The van der Waals surface area contributed by atoms with Gasteiger partial charge in [0.1, 0.15) is 9.84 Å². The first-order valence-corrected chi connectivity index (χ1v) is 11.8. The van der Waals surface area contributed by atoms with Crippen LogP contribution in [0.1, 0.15) is 53.1 Å². The molecule has 3 aromatic heterocycles. The molecule has 29 heavy (non-hydrogen) atoms.